The molecule has 0 unspecified atom stereocenters. The summed E-state index contributed by atoms with van der Waals surface area (Å²) in [5, 5.41) is 9.88. The fourth-order valence-electron chi connectivity index (χ4n) is 3.91. The molecule has 6 heteroatoms. The normalized spacial score (nSPS) is 20.7. The number of nitrogens with one attached hydrogen (secondary N) is 2. The molecule has 3 rings (SSSR count). The molecule has 0 spiro atoms. The number of carbonyl (C=O) groups excluding carboxylic acids is 1. The fraction of sp³-hybridized carbons (Fsp3) is 0.789. The van der Waals surface area contributed by atoms with E-state index in [-0.39, 0.29) is 5.91 Å². The molecule has 0 radical (unpaired) electrons. The summed E-state index contributed by atoms with van der Waals surface area (Å²) in [5.41, 5.74) is 1.20. The highest BCUT2D eigenvalue weighted by Crippen LogP contribution is 2.20. The van der Waals surface area contributed by atoms with Crippen molar-refractivity contribution in [1.29, 1.82) is 0 Å². The standard InChI is InChI=1S/C19H32N4OS/c1-15-22-18(14-25-15)13-23-10-6-17(7-11-23)12-21-19(24)3-2-16-4-8-20-9-5-16/h14,16-17,20H,2-13H2,1H3,(H,21,24). The quantitative estimate of drug-likeness (QED) is 0.781. The molecule has 3 heterocycles. The summed E-state index contributed by atoms with van der Waals surface area (Å²) in [6.45, 7) is 8.36. The molecular formula is C19H32N4OS. The van der Waals surface area contributed by atoms with Gasteiger partial charge in [0.1, 0.15) is 0 Å². The number of hydrogen-bond donors (Lipinski definition) is 2. The molecule has 0 aliphatic carbocycles. The van der Waals surface area contributed by atoms with Crippen LogP contribution in [0.3, 0.4) is 0 Å². The molecule has 1 amide bonds. The van der Waals surface area contributed by atoms with Gasteiger partial charge in [-0.1, -0.05) is 0 Å². The first-order chi connectivity index (χ1) is 12.2. The Balaban J connectivity index is 1.27. The van der Waals surface area contributed by atoms with Crippen molar-refractivity contribution in [2.45, 2.75) is 52.0 Å². The Morgan fingerprint density at radius 2 is 2.04 bits per heavy atom. The second-order valence-corrected chi connectivity index (χ2v) is 8.68. The fourth-order valence-corrected chi connectivity index (χ4v) is 4.51. The first-order valence-electron chi connectivity index (χ1n) is 9.80. The van der Waals surface area contributed by atoms with E-state index in [1.54, 1.807) is 11.3 Å². The van der Waals surface area contributed by atoms with E-state index in [9.17, 15) is 4.79 Å². The van der Waals surface area contributed by atoms with Crippen LogP contribution in [0, 0.1) is 18.8 Å². The van der Waals surface area contributed by atoms with Gasteiger partial charge in [0, 0.05) is 24.9 Å². The molecule has 2 N–H and O–H groups in total. The molecule has 2 saturated heterocycles. The first-order valence-corrected chi connectivity index (χ1v) is 10.7. The van der Waals surface area contributed by atoms with Crippen molar-refractivity contribution in [3.05, 3.63) is 16.1 Å². The summed E-state index contributed by atoms with van der Waals surface area (Å²) in [6.07, 6.45) is 6.57. The molecule has 25 heavy (non-hydrogen) atoms. The minimum atomic E-state index is 0.249. The van der Waals surface area contributed by atoms with Gasteiger partial charge in [0.05, 0.1) is 10.7 Å². The Morgan fingerprint density at radius 3 is 2.72 bits per heavy atom. The minimum absolute atomic E-state index is 0.249. The average molecular weight is 365 g/mol. The Kier molecular flexibility index (Phi) is 7.25. The first kappa shape index (κ1) is 18.8. The van der Waals surface area contributed by atoms with Crippen LogP contribution in [0.5, 0.6) is 0 Å². The van der Waals surface area contributed by atoms with E-state index in [0.717, 1.165) is 56.6 Å². The van der Waals surface area contributed by atoms with Gasteiger partial charge in [0.25, 0.3) is 0 Å². The van der Waals surface area contributed by atoms with E-state index < -0.39 is 0 Å². The zero-order chi connectivity index (χ0) is 17.5. The second kappa shape index (κ2) is 9.64. The van der Waals surface area contributed by atoms with Crippen molar-refractivity contribution < 1.29 is 4.79 Å². The van der Waals surface area contributed by atoms with Crippen LogP contribution in [0.1, 0.15) is 49.2 Å². The summed E-state index contributed by atoms with van der Waals surface area (Å²) in [4.78, 5) is 19.1. The Hall–Kier alpha value is -0.980. The third-order valence-corrected chi connectivity index (χ3v) is 6.41. The van der Waals surface area contributed by atoms with Crippen molar-refractivity contribution in [2.24, 2.45) is 11.8 Å². The number of carbonyl (C=O) groups is 1. The van der Waals surface area contributed by atoms with Crippen LogP contribution < -0.4 is 10.6 Å². The number of amides is 1. The molecule has 2 aliphatic rings. The maximum absolute atomic E-state index is 12.1. The van der Waals surface area contributed by atoms with Gasteiger partial charge >= 0.3 is 0 Å². The topological polar surface area (TPSA) is 57.3 Å². The van der Waals surface area contributed by atoms with E-state index in [2.05, 4.69) is 32.8 Å². The van der Waals surface area contributed by atoms with Crippen LogP contribution in [0.15, 0.2) is 5.38 Å². The summed E-state index contributed by atoms with van der Waals surface area (Å²) >= 11 is 1.73. The van der Waals surface area contributed by atoms with Gasteiger partial charge in [-0.05, 0) is 77.0 Å². The second-order valence-electron chi connectivity index (χ2n) is 7.61. The van der Waals surface area contributed by atoms with E-state index in [1.807, 2.05) is 0 Å². The van der Waals surface area contributed by atoms with Crippen molar-refractivity contribution in [1.82, 2.24) is 20.5 Å². The molecule has 0 bridgehead atoms. The molecule has 2 aliphatic heterocycles. The van der Waals surface area contributed by atoms with Gasteiger partial charge in [-0.2, -0.15) is 0 Å². The predicted octanol–water partition coefficient (Wildman–Crippen LogP) is 2.56. The zero-order valence-corrected chi connectivity index (χ0v) is 16.2. The number of likely N-dealkylation sites (tertiary alicyclic amines) is 1. The number of hydrogen-bond acceptors (Lipinski definition) is 5. The number of piperidine rings is 2. The number of aromatic nitrogens is 1. The summed E-state index contributed by atoms with van der Waals surface area (Å²) < 4.78 is 0. The van der Waals surface area contributed by atoms with Gasteiger partial charge in [-0.15, -0.1) is 11.3 Å². The van der Waals surface area contributed by atoms with Crippen molar-refractivity contribution in [3.8, 4) is 0 Å². The van der Waals surface area contributed by atoms with Gasteiger partial charge in [-0.25, -0.2) is 4.98 Å². The maximum Gasteiger partial charge on any atom is 0.220 e. The van der Waals surface area contributed by atoms with Crippen LogP contribution in [-0.2, 0) is 11.3 Å². The predicted molar refractivity (Wildman–Crippen MR) is 103 cm³/mol. The van der Waals surface area contributed by atoms with Crippen molar-refractivity contribution >= 4 is 17.2 Å². The van der Waals surface area contributed by atoms with E-state index in [4.69, 9.17) is 0 Å². The van der Waals surface area contributed by atoms with E-state index in [1.165, 1.54) is 31.4 Å². The van der Waals surface area contributed by atoms with Crippen LogP contribution in [0.2, 0.25) is 0 Å². The van der Waals surface area contributed by atoms with Crippen LogP contribution in [0.4, 0.5) is 0 Å². The number of rotatable bonds is 7. The number of nitrogens with zero attached hydrogens (tertiary/aromatic N) is 2. The Labute approximate surface area is 155 Å². The number of aryl methyl sites for hydroxylation is 1. The van der Waals surface area contributed by atoms with Crippen LogP contribution in [0.25, 0.3) is 0 Å². The van der Waals surface area contributed by atoms with Gasteiger partial charge in [0.2, 0.25) is 5.91 Å². The largest absolute Gasteiger partial charge is 0.356 e. The average Bonchev–Trinajstić information content (AvgIpc) is 3.05. The van der Waals surface area contributed by atoms with Crippen molar-refractivity contribution in [2.75, 3.05) is 32.7 Å². The molecule has 140 valence electrons. The minimum Gasteiger partial charge on any atom is -0.356 e. The van der Waals surface area contributed by atoms with E-state index in [0.29, 0.717) is 12.3 Å². The summed E-state index contributed by atoms with van der Waals surface area (Å²) in [7, 11) is 0. The van der Waals surface area contributed by atoms with Crippen LogP contribution >= 0.6 is 11.3 Å². The summed E-state index contributed by atoms with van der Waals surface area (Å²) in [5.74, 6) is 1.62. The molecule has 0 aromatic carbocycles. The SMILES string of the molecule is Cc1nc(CN2CCC(CNC(=O)CCC3CCNCC3)CC2)cs1. The van der Waals surface area contributed by atoms with E-state index >= 15 is 0 Å². The highest BCUT2D eigenvalue weighted by Gasteiger charge is 2.21. The molecule has 5 nitrogen and oxygen atoms in total. The van der Waals surface area contributed by atoms with Crippen molar-refractivity contribution in [3.63, 3.8) is 0 Å². The lowest BCUT2D eigenvalue weighted by Gasteiger charge is -2.31. The molecule has 1 aromatic rings. The Morgan fingerprint density at radius 1 is 1.28 bits per heavy atom. The number of thiazole rings is 1. The smallest absolute Gasteiger partial charge is 0.220 e. The Bertz CT molecular complexity index is 533. The third kappa shape index (κ3) is 6.35. The lowest BCUT2D eigenvalue weighted by Crippen LogP contribution is -2.38. The monoisotopic (exact) mass is 364 g/mol. The lowest BCUT2D eigenvalue weighted by atomic mass is 9.93. The molecular weight excluding hydrogens is 332 g/mol. The highest BCUT2D eigenvalue weighted by molar-refractivity contribution is 7.09. The van der Waals surface area contributed by atoms with Gasteiger partial charge < -0.3 is 10.6 Å². The molecule has 1 aromatic heterocycles. The molecule has 2 fully saturated rings. The maximum atomic E-state index is 12.1. The zero-order valence-electron chi connectivity index (χ0n) is 15.4. The lowest BCUT2D eigenvalue weighted by molar-refractivity contribution is -0.121. The highest BCUT2D eigenvalue weighted by atomic mass is 32.1. The van der Waals surface area contributed by atoms with Gasteiger partial charge in [-0.3, -0.25) is 9.69 Å². The van der Waals surface area contributed by atoms with Crippen LogP contribution in [-0.4, -0.2) is 48.5 Å². The molecule has 0 atom stereocenters. The third-order valence-electron chi connectivity index (χ3n) is 5.59. The summed E-state index contributed by atoms with van der Waals surface area (Å²) in [6, 6.07) is 0. The van der Waals surface area contributed by atoms with Gasteiger partial charge in [0.15, 0.2) is 0 Å². The molecule has 0 saturated carbocycles.